The van der Waals surface area contributed by atoms with Gasteiger partial charge in [0.15, 0.2) is 0 Å². The first-order valence-corrected chi connectivity index (χ1v) is 10.8. The predicted octanol–water partition coefficient (Wildman–Crippen LogP) is 3.85. The summed E-state index contributed by atoms with van der Waals surface area (Å²) in [5.74, 6) is 1.81. The summed E-state index contributed by atoms with van der Waals surface area (Å²) < 4.78 is 10.8. The van der Waals surface area contributed by atoms with Crippen LogP contribution in [0.4, 0.5) is 0 Å². The summed E-state index contributed by atoms with van der Waals surface area (Å²) in [6, 6.07) is 14.5. The lowest BCUT2D eigenvalue weighted by molar-refractivity contribution is -0.135. The molecule has 1 atom stereocenters. The summed E-state index contributed by atoms with van der Waals surface area (Å²) in [6.45, 7) is 2.32. The number of carbonyl (C=O) groups excluding carboxylic acids is 1. The molecule has 0 saturated carbocycles. The number of likely N-dealkylation sites (tertiary alicyclic amines) is 1. The van der Waals surface area contributed by atoms with Crippen LogP contribution >= 0.6 is 0 Å². The van der Waals surface area contributed by atoms with E-state index in [9.17, 15) is 4.79 Å². The van der Waals surface area contributed by atoms with E-state index in [0.29, 0.717) is 6.42 Å². The highest BCUT2D eigenvalue weighted by Gasteiger charge is 2.28. The Kier molecular flexibility index (Phi) is 6.47. The summed E-state index contributed by atoms with van der Waals surface area (Å²) in [5, 5.41) is 1.25. The topological polar surface area (TPSA) is 57.8 Å². The highest BCUT2D eigenvalue weighted by atomic mass is 16.5. The molecule has 0 aliphatic carbocycles. The molecule has 1 fully saturated rings. The Morgan fingerprint density at radius 1 is 1.13 bits per heavy atom. The third-order valence-electron chi connectivity index (χ3n) is 6.29. The molecule has 2 aromatic carbocycles. The zero-order valence-corrected chi connectivity index (χ0v) is 18.6. The Morgan fingerprint density at radius 3 is 2.58 bits per heavy atom. The number of piperidine rings is 1. The molecular formula is C25H31N3O3. The SMILES string of the molecule is COc1cc(CN(C)C2CCN(CCc3c[nH]c4ccccc34)C(=O)C2)cc(OC)c1. The van der Waals surface area contributed by atoms with Gasteiger partial charge in [0.2, 0.25) is 5.91 Å². The third kappa shape index (κ3) is 4.85. The second-order valence-electron chi connectivity index (χ2n) is 8.27. The largest absolute Gasteiger partial charge is 0.497 e. The first-order valence-electron chi connectivity index (χ1n) is 10.8. The molecular weight excluding hydrogens is 390 g/mol. The average Bonchev–Trinajstić information content (AvgIpc) is 3.21. The fraction of sp³-hybridized carbons (Fsp3) is 0.400. The molecule has 4 rings (SSSR count). The monoisotopic (exact) mass is 421 g/mol. The molecule has 1 unspecified atom stereocenters. The molecule has 1 aromatic heterocycles. The fourth-order valence-electron chi connectivity index (χ4n) is 4.44. The van der Waals surface area contributed by atoms with E-state index in [1.165, 1.54) is 10.9 Å². The number of H-pyrrole nitrogens is 1. The van der Waals surface area contributed by atoms with Crippen LogP contribution in [0, 0.1) is 0 Å². The van der Waals surface area contributed by atoms with Gasteiger partial charge in [0.1, 0.15) is 11.5 Å². The van der Waals surface area contributed by atoms with Gasteiger partial charge >= 0.3 is 0 Å². The smallest absolute Gasteiger partial charge is 0.224 e. The van der Waals surface area contributed by atoms with Gasteiger partial charge in [-0.05, 0) is 49.2 Å². The molecule has 3 aromatic rings. The minimum Gasteiger partial charge on any atom is -0.497 e. The first kappa shape index (κ1) is 21.2. The van der Waals surface area contributed by atoms with Crippen molar-refractivity contribution in [1.29, 1.82) is 0 Å². The Labute approximate surface area is 183 Å². The van der Waals surface area contributed by atoms with Crippen molar-refractivity contribution in [3.63, 3.8) is 0 Å². The number of nitrogens with one attached hydrogen (secondary N) is 1. The minimum atomic E-state index is 0.242. The van der Waals surface area contributed by atoms with E-state index in [-0.39, 0.29) is 11.9 Å². The molecule has 1 amide bonds. The van der Waals surface area contributed by atoms with Crippen LogP contribution in [-0.2, 0) is 17.8 Å². The van der Waals surface area contributed by atoms with Crippen molar-refractivity contribution in [1.82, 2.24) is 14.8 Å². The summed E-state index contributed by atoms with van der Waals surface area (Å²) in [6.07, 6.45) is 4.49. The first-order chi connectivity index (χ1) is 15.1. The normalized spacial score (nSPS) is 16.8. The number of benzene rings is 2. The number of para-hydroxylation sites is 1. The van der Waals surface area contributed by atoms with Gasteiger partial charge in [-0.2, -0.15) is 0 Å². The summed E-state index contributed by atoms with van der Waals surface area (Å²) >= 11 is 0. The van der Waals surface area contributed by atoms with Crippen LogP contribution in [-0.4, -0.2) is 61.1 Å². The van der Waals surface area contributed by atoms with Crippen LogP contribution in [0.5, 0.6) is 11.5 Å². The minimum absolute atomic E-state index is 0.242. The number of amides is 1. The highest BCUT2D eigenvalue weighted by molar-refractivity contribution is 5.83. The molecule has 6 heteroatoms. The summed E-state index contributed by atoms with van der Waals surface area (Å²) in [4.78, 5) is 20.4. The zero-order chi connectivity index (χ0) is 21.8. The maximum Gasteiger partial charge on any atom is 0.224 e. The maximum atomic E-state index is 12.8. The quantitative estimate of drug-likeness (QED) is 0.600. The number of nitrogens with zero attached hydrogens (tertiary/aromatic N) is 2. The van der Waals surface area contributed by atoms with Crippen molar-refractivity contribution in [2.24, 2.45) is 0 Å². The Hall–Kier alpha value is -2.99. The van der Waals surface area contributed by atoms with Crippen LogP contribution in [0.1, 0.15) is 24.0 Å². The lowest BCUT2D eigenvalue weighted by Crippen LogP contribution is -2.46. The van der Waals surface area contributed by atoms with Crippen LogP contribution in [0.3, 0.4) is 0 Å². The van der Waals surface area contributed by atoms with E-state index in [1.54, 1.807) is 14.2 Å². The number of carbonyl (C=O) groups is 1. The number of fused-ring (bicyclic) bond motifs is 1. The van der Waals surface area contributed by atoms with Gasteiger partial charge in [-0.15, -0.1) is 0 Å². The van der Waals surface area contributed by atoms with Crippen LogP contribution in [0.15, 0.2) is 48.7 Å². The Morgan fingerprint density at radius 2 is 1.87 bits per heavy atom. The van der Waals surface area contributed by atoms with Crippen molar-refractivity contribution in [3.8, 4) is 11.5 Å². The molecule has 1 aliphatic heterocycles. The third-order valence-corrected chi connectivity index (χ3v) is 6.29. The molecule has 0 bridgehead atoms. The van der Waals surface area contributed by atoms with Crippen molar-refractivity contribution in [2.75, 3.05) is 34.4 Å². The Bertz CT molecular complexity index is 1020. The fourth-order valence-corrected chi connectivity index (χ4v) is 4.44. The molecule has 1 saturated heterocycles. The van der Waals surface area contributed by atoms with Gasteiger partial charge in [0.25, 0.3) is 0 Å². The van der Waals surface area contributed by atoms with E-state index in [2.05, 4.69) is 41.3 Å². The van der Waals surface area contributed by atoms with Crippen LogP contribution in [0.25, 0.3) is 10.9 Å². The molecule has 2 heterocycles. The Balaban J connectivity index is 1.33. The predicted molar refractivity (Wildman–Crippen MR) is 123 cm³/mol. The molecule has 0 radical (unpaired) electrons. The number of aromatic amines is 1. The lowest BCUT2D eigenvalue weighted by Gasteiger charge is -2.36. The van der Waals surface area contributed by atoms with Crippen molar-refractivity contribution < 1.29 is 14.3 Å². The van der Waals surface area contributed by atoms with Crippen molar-refractivity contribution in [2.45, 2.75) is 31.8 Å². The van der Waals surface area contributed by atoms with E-state index in [0.717, 1.165) is 55.1 Å². The molecule has 1 N–H and O–H groups in total. The second-order valence-corrected chi connectivity index (χ2v) is 8.27. The van der Waals surface area contributed by atoms with E-state index < -0.39 is 0 Å². The number of hydrogen-bond donors (Lipinski definition) is 1. The van der Waals surface area contributed by atoms with Crippen molar-refractivity contribution >= 4 is 16.8 Å². The number of methoxy groups -OCH3 is 2. The lowest BCUT2D eigenvalue weighted by atomic mass is 10.0. The highest BCUT2D eigenvalue weighted by Crippen LogP contribution is 2.25. The van der Waals surface area contributed by atoms with Crippen LogP contribution < -0.4 is 9.47 Å². The molecule has 0 spiro atoms. The van der Waals surface area contributed by atoms with E-state index in [4.69, 9.17) is 9.47 Å². The van der Waals surface area contributed by atoms with Gasteiger partial charge in [0, 0.05) is 55.3 Å². The number of hydrogen-bond acceptors (Lipinski definition) is 4. The number of ether oxygens (including phenoxy) is 2. The van der Waals surface area contributed by atoms with Crippen LogP contribution in [0.2, 0.25) is 0 Å². The summed E-state index contributed by atoms with van der Waals surface area (Å²) in [7, 11) is 5.41. The zero-order valence-electron chi connectivity index (χ0n) is 18.6. The average molecular weight is 422 g/mol. The number of aromatic nitrogens is 1. The van der Waals surface area contributed by atoms with E-state index >= 15 is 0 Å². The molecule has 164 valence electrons. The van der Waals surface area contributed by atoms with Gasteiger partial charge < -0.3 is 19.4 Å². The van der Waals surface area contributed by atoms with Gasteiger partial charge in [0.05, 0.1) is 14.2 Å². The van der Waals surface area contributed by atoms with E-state index in [1.807, 2.05) is 29.2 Å². The number of rotatable bonds is 8. The van der Waals surface area contributed by atoms with Gasteiger partial charge in [-0.3, -0.25) is 9.69 Å². The summed E-state index contributed by atoms with van der Waals surface area (Å²) in [5.41, 5.74) is 3.54. The molecule has 6 nitrogen and oxygen atoms in total. The molecule has 1 aliphatic rings. The van der Waals surface area contributed by atoms with Gasteiger partial charge in [-0.25, -0.2) is 0 Å². The molecule has 31 heavy (non-hydrogen) atoms. The second kappa shape index (κ2) is 9.43. The van der Waals surface area contributed by atoms with Gasteiger partial charge in [-0.1, -0.05) is 18.2 Å². The standard InChI is InChI=1S/C25H31N3O3/c1-27(17-18-12-21(30-2)15-22(13-18)31-3)20-9-11-28(25(29)14-20)10-8-19-16-26-24-7-5-4-6-23(19)24/h4-7,12-13,15-16,20,26H,8-11,14,17H2,1-3H3. The van der Waals surface area contributed by atoms with Crippen molar-refractivity contribution in [3.05, 3.63) is 59.8 Å². The maximum absolute atomic E-state index is 12.8.